The second-order valence-corrected chi connectivity index (χ2v) is 3.04. The fourth-order valence-electron chi connectivity index (χ4n) is 1.45. The molecule has 0 saturated heterocycles. The van der Waals surface area contributed by atoms with E-state index < -0.39 is 7.32 Å². The van der Waals surface area contributed by atoms with Gasteiger partial charge in [0.2, 0.25) is 0 Å². The lowest BCUT2D eigenvalue weighted by molar-refractivity contribution is 0.289. The second kappa shape index (κ2) is 3.88. The quantitative estimate of drug-likeness (QED) is 0.728. The number of halogens is 1. The molecule has 0 spiro atoms. The molecule has 76 valence electrons. The van der Waals surface area contributed by atoms with Gasteiger partial charge in [-0.05, 0) is 12.1 Å². The molecule has 2 N–H and O–H groups in total. The van der Waals surface area contributed by atoms with Crippen LogP contribution in [0.3, 0.4) is 0 Å². The van der Waals surface area contributed by atoms with E-state index in [1.165, 1.54) is 12.1 Å². The smallest absolute Gasteiger partial charge is 0.512 e. The van der Waals surface area contributed by atoms with E-state index in [1.807, 2.05) is 0 Å². The van der Waals surface area contributed by atoms with Crippen LogP contribution in [0, 0.1) is 5.82 Å². The van der Waals surface area contributed by atoms with E-state index in [2.05, 4.69) is 0 Å². The van der Waals surface area contributed by atoms with E-state index in [0.29, 0.717) is 10.8 Å². The molecule has 0 aromatic heterocycles. The Labute approximate surface area is 85.9 Å². The van der Waals surface area contributed by atoms with Gasteiger partial charge < -0.3 is 14.7 Å². The van der Waals surface area contributed by atoms with Gasteiger partial charge in [-0.1, -0.05) is 24.3 Å². The van der Waals surface area contributed by atoms with Crippen molar-refractivity contribution in [2.45, 2.75) is 0 Å². The van der Waals surface area contributed by atoms with Crippen LogP contribution in [0.15, 0.2) is 36.4 Å². The van der Waals surface area contributed by atoms with Crippen molar-refractivity contribution in [3.8, 4) is 5.75 Å². The van der Waals surface area contributed by atoms with Crippen LogP contribution in [-0.2, 0) is 0 Å². The second-order valence-electron chi connectivity index (χ2n) is 3.04. The van der Waals surface area contributed by atoms with E-state index in [9.17, 15) is 4.39 Å². The van der Waals surface area contributed by atoms with Gasteiger partial charge in [-0.15, -0.1) is 0 Å². The number of benzene rings is 2. The Morgan fingerprint density at radius 2 is 1.67 bits per heavy atom. The number of hydrogen-bond donors (Lipinski definition) is 2. The van der Waals surface area contributed by atoms with Gasteiger partial charge in [0.25, 0.3) is 0 Å². The Kier molecular flexibility index (Phi) is 2.57. The molecule has 0 atom stereocenters. The van der Waals surface area contributed by atoms with Crippen molar-refractivity contribution in [2.75, 3.05) is 0 Å². The molecule has 0 aliphatic heterocycles. The maximum absolute atomic E-state index is 13.3. The van der Waals surface area contributed by atoms with E-state index in [0.717, 1.165) is 0 Å². The maximum atomic E-state index is 13.3. The molecule has 15 heavy (non-hydrogen) atoms. The maximum Gasteiger partial charge on any atom is 0.707 e. The predicted octanol–water partition coefficient (Wildman–Crippen LogP) is 1.33. The molecule has 0 heterocycles. The third-order valence-corrected chi connectivity index (χ3v) is 2.06. The lowest BCUT2D eigenvalue weighted by Gasteiger charge is -2.08. The fraction of sp³-hybridized carbons (Fsp3) is 0. The Morgan fingerprint density at radius 3 is 2.33 bits per heavy atom. The summed E-state index contributed by atoms with van der Waals surface area (Å²) in [7, 11) is -1.90. The summed E-state index contributed by atoms with van der Waals surface area (Å²) in [4.78, 5) is 0. The largest absolute Gasteiger partial charge is 0.707 e. The standard InChI is InChI=1S/C10H8BFO3/c12-9-5-6-10(15-11(13)14)8-4-2-1-3-7(8)9/h1-6,13-14H. The van der Waals surface area contributed by atoms with Gasteiger partial charge >= 0.3 is 7.32 Å². The molecule has 0 bridgehead atoms. The van der Waals surface area contributed by atoms with Crippen LogP contribution >= 0.6 is 0 Å². The summed E-state index contributed by atoms with van der Waals surface area (Å²) in [6, 6.07) is 9.25. The highest BCUT2D eigenvalue weighted by atomic mass is 19.1. The lowest BCUT2D eigenvalue weighted by Crippen LogP contribution is -2.20. The van der Waals surface area contributed by atoms with Crippen LogP contribution in [0.4, 0.5) is 4.39 Å². The first-order chi connectivity index (χ1) is 7.18. The molecule has 5 heteroatoms. The van der Waals surface area contributed by atoms with Crippen molar-refractivity contribution in [2.24, 2.45) is 0 Å². The average Bonchev–Trinajstić information content (AvgIpc) is 2.22. The number of hydrogen-bond acceptors (Lipinski definition) is 3. The first-order valence-electron chi connectivity index (χ1n) is 4.38. The monoisotopic (exact) mass is 206 g/mol. The summed E-state index contributed by atoms with van der Waals surface area (Å²) in [6.45, 7) is 0. The molecule has 0 aliphatic carbocycles. The fourth-order valence-corrected chi connectivity index (χ4v) is 1.45. The predicted molar refractivity (Wildman–Crippen MR) is 54.7 cm³/mol. The van der Waals surface area contributed by atoms with Crippen LogP contribution in [0.5, 0.6) is 5.75 Å². The van der Waals surface area contributed by atoms with E-state index in [-0.39, 0.29) is 11.6 Å². The van der Waals surface area contributed by atoms with Crippen molar-refractivity contribution >= 4 is 18.1 Å². The minimum atomic E-state index is -1.90. The molecule has 2 rings (SSSR count). The molecule has 2 aromatic carbocycles. The SMILES string of the molecule is OB(O)Oc1ccc(F)c2ccccc12. The van der Waals surface area contributed by atoms with Crippen LogP contribution in [-0.4, -0.2) is 17.4 Å². The summed E-state index contributed by atoms with van der Waals surface area (Å²) < 4.78 is 18.0. The highest BCUT2D eigenvalue weighted by molar-refractivity contribution is 6.34. The minimum absolute atomic E-state index is 0.238. The third-order valence-electron chi connectivity index (χ3n) is 2.06. The van der Waals surface area contributed by atoms with E-state index in [4.69, 9.17) is 14.7 Å². The Balaban J connectivity index is 2.61. The zero-order valence-electron chi connectivity index (χ0n) is 7.72. The molecule has 0 radical (unpaired) electrons. The van der Waals surface area contributed by atoms with Gasteiger partial charge in [0, 0.05) is 10.8 Å². The van der Waals surface area contributed by atoms with Crippen LogP contribution in [0.25, 0.3) is 10.8 Å². The third kappa shape index (κ3) is 1.93. The number of fused-ring (bicyclic) bond motifs is 1. The Hall–Kier alpha value is -1.59. The van der Waals surface area contributed by atoms with Gasteiger partial charge in [-0.2, -0.15) is 0 Å². The van der Waals surface area contributed by atoms with Gasteiger partial charge in [0.15, 0.2) is 0 Å². The first kappa shape index (κ1) is 9.95. The first-order valence-corrected chi connectivity index (χ1v) is 4.38. The van der Waals surface area contributed by atoms with Crippen molar-refractivity contribution in [3.63, 3.8) is 0 Å². The summed E-state index contributed by atoms with van der Waals surface area (Å²) >= 11 is 0. The van der Waals surface area contributed by atoms with Crippen LogP contribution in [0.2, 0.25) is 0 Å². The van der Waals surface area contributed by atoms with Crippen molar-refractivity contribution < 1.29 is 19.1 Å². The van der Waals surface area contributed by atoms with Crippen LogP contribution < -0.4 is 4.65 Å². The minimum Gasteiger partial charge on any atom is -0.512 e. The van der Waals surface area contributed by atoms with Crippen molar-refractivity contribution in [1.29, 1.82) is 0 Å². The number of rotatable bonds is 2. The van der Waals surface area contributed by atoms with Gasteiger partial charge in [0.05, 0.1) is 0 Å². The summed E-state index contributed by atoms with van der Waals surface area (Å²) in [5.41, 5.74) is 0. The normalized spacial score (nSPS) is 10.3. The van der Waals surface area contributed by atoms with Gasteiger partial charge in [0.1, 0.15) is 11.6 Å². The van der Waals surface area contributed by atoms with E-state index in [1.54, 1.807) is 24.3 Å². The average molecular weight is 206 g/mol. The van der Waals surface area contributed by atoms with Gasteiger partial charge in [-0.25, -0.2) is 4.39 Å². The van der Waals surface area contributed by atoms with Crippen molar-refractivity contribution in [3.05, 3.63) is 42.2 Å². The Bertz CT molecular complexity index is 487. The molecule has 0 amide bonds. The molecule has 0 saturated carbocycles. The molecule has 2 aromatic rings. The zero-order valence-corrected chi connectivity index (χ0v) is 7.72. The zero-order chi connectivity index (χ0) is 10.8. The molecule has 0 unspecified atom stereocenters. The summed E-state index contributed by atoms with van der Waals surface area (Å²) in [5, 5.41) is 18.2. The molecular formula is C10H8BFO3. The van der Waals surface area contributed by atoms with Gasteiger partial charge in [-0.3, -0.25) is 0 Å². The van der Waals surface area contributed by atoms with Crippen molar-refractivity contribution in [1.82, 2.24) is 0 Å². The lowest BCUT2D eigenvalue weighted by atomic mass is 10.1. The molecule has 3 nitrogen and oxygen atoms in total. The molecule has 0 fully saturated rings. The van der Waals surface area contributed by atoms with Crippen LogP contribution in [0.1, 0.15) is 0 Å². The highest BCUT2D eigenvalue weighted by Gasteiger charge is 2.14. The summed E-state index contributed by atoms with van der Waals surface area (Å²) in [5.74, 6) is -0.132. The topological polar surface area (TPSA) is 49.7 Å². The molecule has 0 aliphatic rings. The van der Waals surface area contributed by atoms with E-state index >= 15 is 0 Å². The highest BCUT2D eigenvalue weighted by Crippen LogP contribution is 2.27. The Morgan fingerprint density at radius 1 is 1.00 bits per heavy atom. The molecular weight excluding hydrogens is 198 g/mol. The summed E-state index contributed by atoms with van der Waals surface area (Å²) in [6.07, 6.45) is 0.